The number of carbonyl (C=O) groups excluding carboxylic acids is 1. The maximum Gasteiger partial charge on any atom is 0.321 e. The number of methoxy groups -OCH3 is 1. The van der Waals surface area contributed by atoms with Crippen LogP contribution in [0.1, 0.15) is 5.56 Å². The van der Waals surface area contributed by atoms with E-state index in [-0.39, 0.29) is 6.03 Å². The molecular formula is C12H13N3O3. The average molecular weight is 247 g/mol. The van der Waals surface area contributed by atoms with Gasteiger partial charge in [0.25, 0.3) is 0 Å². The van der Waals surface area contributed by atoms with Gasteiger partial charge in [-0.05, 0) is 17.7 Å². The number of rotatable bonds is 4. The minimum absolute atomic E-state index is 0.308. The van der Waals surface area contributed by atoms with Gasteiger partial charge in [-0.3, -0.25) is 5.32 Å². The van der Waals surface area contributed by atoms with Crippen molar-refractivity contribution in [1.29, 1.82) is 0 Å². The molecule has 2 N–H and O–H groups in total. The molecule has 0 bridgehead atoms. The lowest BCUT2D eigenvalue weighted by atomic mass is 10.2. The third kappa shape index (κ3) is 3.24. The Kier molecular flexibility index (Phi) is 3.80. The standard InChI is InChI=1S/C12H13N3O3/c1-17-10-4-2-9(3-5-10)8-13-12(16)15-11-6-7-14-18-11/h2-7H,8H2,1H3,(H2,13,15,16). The van der Waals surface area contributed by atoms with Gasteiger partial charge in [-0.1, -0.05) is 17.3 Å². The molecule has 0 saturated heterocycles. The van der Waals surface area contributed by atoms with Gasteiger partial charge < -0.3 is 14.6 Å². The second-order valence-electron chi connectivity index (χ2n) is 3.53. The maximum absolute atomic E-state index is 11.5. The van der Waals surface area contributed by atoms with Crippen LogP contribution in [0, 0.1) is 0 Å². The van der Waals surface area contributed by atoms with Gasteiger partial charge >= 0.3 is 6.03 Å². The fourth-order valence-corrected chi connectivity index (χ4v) is 1.36. The summed E-state index contributed by atoms with van der Waals surface area (Å²) in [5.41, 5.74) is 0.975. The highest BCUT2D eigenvalue weighted by molar-refractivity contribution is 5.87. The van der Waals surface area contributed by atoms with Crippen LogP contribution in [0.2, 0.25) is 0 Å². The van der Waals surface area contributed by atoms with E-state index < -0.39 is 0 Å². The second kappa shape index (κ2) is 5.72. The first kappa shape index (κ1) is 12.0. The zero-order chi connectivity index (χ0) is 12.8. The lowest BCUT2D eigenvalue weighted by Gasteiger charge is -2.06. The molecule has 0 atom stereocenters. The van der Waals surface area contributed by atoms with Gasteiger partial charge in [0, 0.05) is 12.6 Å². The Balaban J connectivity index is 1.81. The van der Waals surface area contributed by atoms with Gasteiger partial charge in [0.05, 0.1) is 13.3 Å². The summed E-state index contributed by atoms with van der Waals surface area (Å²) < 4.78 is 9.79. The summed E-state index contributed by atoms with van der Waals surface area (Å²) in [5, 5.41) is 8.69. The Bertz CT molecular complexity index is 494. The van der Waals surface area contributed by atoms with Gasteiger partial charge in [0.15, 0.2) is 0 Å². The highest BCUT2D eigenvalue weighted by Gasteiger charge is 2.03. The zero-order valence-corrected chi connectivity index (χ0v) is 9.84. The lowest BCUT2D eigenvalue weighted by Crippen LogP contribution is -2.27. The molecule has 6 heteroatoms. The third-order valence-corrected chi connectivity index (χ3v) is 2.29. The fraction of sp³-hybridized carbons (Fsp3) is 0.167. The summed E-state index contributed by atoms with van der Waals surface area (Å²) >= 11 is 0. The van der Waals surface area contributed by atoms with Crippen molar-refractivity contribution in [1.82, 2.24) is 10.5 Å². The summed E-state index contributed by atoms with van der Waals surface area (Å²) in [5.74, 6) is 1.09. The van der Waals surface area contributed by atoms with Crippen molar-refractivity contribution in [2.45, 2.75) is 6.54 Å². The summed E-state index contributed by atoms with van der Waals surface area (Å²) in [7, 11) is 1.61. The quantitative estimate of drug-likeness (QED) is 0.866. The van der Waals surface area contributed by atoms with Gasteiger partial charge in [-0.15, -0.1) is 0 Å². The van der Waals surface area contributed by atoms with Crippen molar-refractivity contribution in [2.75, 3.05) is 12.4 Å². The van der Waals surface area contributed by atoms with Crippen LogP contribution in [0.3, 0.4) is 0 Å². The smallest absolute Gasteiger partial charge is 0.321 e. The van der Waals surface area contributed by atoms with Crippen LogP contribution in [0.25, 0.3) is 0 Å². The third-order valence-electron chi connectivity index (χ3n) is 2.29. The van der Waals surface area contributed by atoms with E-state index in [1.165, 1.54) is 6.20 Å². The molecule has 0 spiro atoms. The molecule has 0 aliphatic carbocycles. The van der Waals surface area contributed by atoms with Crippen LogP contribution < -0.4 is 15.4 Å². The number of carbonyl (C=O) groups is 1. The SMILES string of the molecule is COc1ccc(CNC(=O)Nc2ccno2)cc1. The Morgan fingerprint density at radius 1 is 1.33 bits per heavy atom. The normalized spacial score (nSPS) is 9.83. The van der Waals surface area contributed by atoms with Crippen LogP contribution in [0.15, 0.2) is 41.1 Å². The van der Waals surface area contributed by atoms with Crippen LogP contribution >= 0.6 is 0 Å². The highest BCUT2D eigenvalue weighted by Crippen LogP contribution is 2.11. The molecule has 0 aliphatic rings. The number of anilines is 1. The first-order valence-corrected chi connectivity index (χ1v) is 5.36. The highest BCUT2D eigenvalue weighted by atomic mass is 16.5. The monoisotopic (exact) mass is 247 g/mol. The number of hydrogen-bond donors (Lipinski definition) is 2. The largest absolute Gasteiger partial charge is 0.497 e. The second-order valence-corrected chi connectivity index (χ2v) is 3.53. The van der Waals surface area contributed by atoms with Crippen molar-refractivity contribution in [3.8, 4) is 5.75 Å². The maximum atomic E-state index is 11.5. The van der Waals surface area contributed by atoms with Crippen molar-refractivity contribution in [2.24, 2.45) is 0 Å². The molecule has 94 valence electrons. The topological polar surface area (TPSA) is 76.4 Å². The average Bonchev–Trinajstić information content (AvgIpc) is 2.90. The molecule has 2 rings (SSSR count). The minimum Gasteiger partial charge on any atom is -0.497 e. The number of hydrogen-bond acceptors (Lipinski definition) is 4. The predicted octanol–water partition coefficient (Wildman–Crippen LogP) is 2.00. The van der Waals surface area contributed by atoms with Crippen molar-refractivity contribution >= 4 is 11.9 Å². The number of benzene rings is 1. The van der Waals surface area contributed by atoms with E-state index in [1.807, 2.05) is 24.3 Å². The number of amides is 2. The van der Waals surface area contributed by atoms with E-state index in [9.17, 15) is 4.79 Å². The molecule has 0 unspecified atom stereocenters. The Morgan fingerprint density at radius 2 is 2.11 bits per heavy atom. The van der Waals surface area contributed by atoms with E-state index in [0.29, 0.717) is 12.4 Å². The molecule has 0 fully saturated rings. The van der Waals surface area contributed by atoms with Gasteiger partial charge in [0.2, 0.25) is 5.88 Å². The van der Waals surface area contributed by atoms with E-state index in [4.69, 9.17) is 9.26 Å². The molecule has 1 heterocycles. The summed E-state index contributed by atoms with van der Waals surface area (Å²) in [4.78, 5) is 11.5. The molecule has 0 saturated carbocycles. The summed E-state index contributed by atoms with van der Waals surface area (Å²) in [6.45, 7) is 0.421. The molecule has 0 aliphatic heterocycles. The van der Waals surface area contributed by atoms with Crippen LogP contribution in [-0.4, -0.2) is 18.3 Å². The molecule has 1 aromatic carbocycles. The van der Waals surface area contributed by atoms with Crippen LogP contribution in [-0.2, 0) is 6.54 Å². The summed E-state index contributed by atoms with van der Waals surface area (Å²) in [6.07, 6.45) is 1.46. The Labute approximate surface area is 104 Å². The fourth-order valence-electron chi connectivity index (χ4n) is 1.36. The molecular weight excluding hydrogens is 234 g/mol. The van der Waals surface area contributed by atoms with Gasteiger partial charge in [-0.2, -0.15) is 0 Å². The molecule has 2 amide bonds. The van der Waals surface area contributed by atoms with E-state index in [2.05, 4.69) is 15.8 Å². The van der Waals surface area contributed by atoms with Gasteiger partial charge in [0.1, 0.15) is 5.75 Å². The van der Waals surface area contributed by atoms with E-state index in [1.54, 1.807) is 13.2 Å². The molecule has 1 aromatic heterocycles. The lowest BCUT2D eigenvalue weighted by molar-refractivity contribution is 0.251. The molecule has 18 heavy (non-hydrogen) atoms. The minimum atomic E-state index is -0.345. The van der Waals surface area contributed by atoms with E-state index >= 15 is 0 Å². The predicted molar refractivity (Wildman–Crippen MR) is 65.4 cm³/mol. The van der Waals surface area contributed by atoms with Crippen molar-refractivity contribution in [3.05, 3.63) is 42.1 Å². The first-order valence-electron chi connectivity index (χ1n) is 5.36. The van der Waals surface area contributed by atoms with Crippen LogP contribution in [0.4, 0.5) is 10.7 Å². The number of nitrogens with zero attached hydrogens (tertiary/aromatic N) is 1. The molecule has 2 aromatic rings. The Morgan fingerprint density at radius 3 is 2.72 bits per heavy atom. The summed E-state index contributed by atoms with van der Waals surface area (Å²) in [6, 6.07) is 8.66. The van der Waals surface area contributed by atoms with Crippen molar-refractivity contribution < 1.29 is 14.1 Å². The molecule has 0 radical (unpaired) electrons. The number of nitrogens with one attached hydrogen (secondary N) is 2. The zero-order valence-electron chi connectivity index (χ0n) is 9.84. The van der Waals surface area contributed by atoms with Gasteiger partial charge in [-0.25, -0.2) is 4.79 Å². The first-order chi connectivity index (χ1) is 8.78. The molecule has 6 nitrogen and oxygen atoms in total. The number of urea groups is 1. The van der Waals surface area contributed by atoms with Crippen molar-refractivity contribution in [3.63, 3.8) is 0 Å². The number of aromatic nitrogens is 1. The van der Waals surface area contributed by atoms with Crippen LogP contribution in [0.5, 0.6) is 5.75 Å². The van der Waals surface area contributed by atoms with E-state index in [0.717, 1.165) is 11.3 Å². The Hall–Kier alpha value is -2.50. The number of ether oxygens (including phenoxy) is 1.